The molecule has 0 aliphatic heterocycles. The van der Waals surface area contributed by atoms with Crippen molar-refractivity contribution in [2.75, 3.05) is 0 Å². The first-order chi connectivity index (χ1) is 11.7. The van der Waals surface area contributed by atoms with Gasteiger partial charge in [-0.1, -0.05) is 29.8 Å². The third-order valence-electron chi connectivity index (χ3n) is 3.31. The van der Waals surface area contributed by atoms with Gasteiger partial charge in [0, 0.05) is 12.6 Å². The normalized spacial score (nSPS) is 12.5. The van der Waals surface area contributed by atoms with Gasteiger partial charge in [-0.3, -0.25) is 4.79 Å². The van der Waals surface area contributed by atoms with Crippen molar-refractivity contribution >= 4 is 23.5 Å². The van der Waals surface area contributed by atoms with Crippen LogP contribution in [0.1, 0.15) is 21.5 Å². The molecule has 1 aromatic heterocycles. The van der Waals surface area contributed by atoms with Crippen LogP contribution in [-0.2, 0) is 17.4 Å². The molecule has 0 aliphatic rings. The highest BCUT2D eigenvalue weighted by Crippen LogP contribution is 2.31. The number of carboxylic acid groups (broad SMARTS) is 1. The van der Waals surface area contributed by atoms with Crippen LogP contribution in [0.4, 0.5) is 13.2 Å². The molecule has 0 aliphatic carbocycles. The second kappa shape index (κ2) is 7.52. The summed E-state index contributed by atoms with van der Waals surface area (Å²) < 4.78 is 38.9. The van der Waals surface area contributed by atoms with Gasteiger partial charge in [0.25, 0.3) is 5.91 Å². The molecule has 9 heteroatoms. The highest BCUT2D eigenvalue weighted by atomic mass is 35.5. The minimum absolute atomic E-state index is 0.153. The number of hydrogen-bond donors (Lipinski definition) is 2. The van der Waals surface area contributed by atoms with Crippen molar-refractivity contribution < 1.29 is 27.9 Å². The van der Waals surface area contributed by atoms with E-state index in [0.29, 0.717) is 5.56 Å². The molecule has 5 nitrogen and oxygen atoms in total. The Balaban J connectivity index is 2.21. The van der Waals surface area contributed by atoms with Crippen molar-refractivity contribution in [1.82, 2.24) is 10.3 Å². The fraction of sp³-hybridized carbons (Fsp3) is 0.188. The molecule has 2 N–H and O–H groups in total. The minimum Gasteiger partial charge on any atom is -0.480 e. The van der Waals surface area contributed by atoms with E-state index in [0.717, 1.165) is 18.2 Å². The van der Waals surface area contributed by atoms with E-state index in [4.69, 9.17) is 11.6 Å². The van der Waals surface area contributed by atoms with Crippen LogP contribution >= 0.6 is 11.6 Å². The number of carbonyl (C=O) groups is 2. The molecule has 0 spiro atoms. The molecule has 2 rings (SSSR count). The van der Waals surface area contributed by atoms with Crippen LogP contribution in [0.2, 0.25) is 5.15 Å². The van der Waals surface area contributed by atoms with Crippen LogP contribution < -0.4 is 5.32 Å². The summed E-state index contributed by atoms with van der Waals surface area (Å²) in [5.41, 5.74) is -1.32. The largest absolute Gasteiger partial charge is 0.480 e. The zero-order chi connectivity index (χ0) is 18.6. The molecule has 1 amide bonds. The monoisotopic (exact) mass is 372 g/mol. The molecule has 0 radical (unpaired) electrons. The summed E-state index contributed by atoms with van der Waals surface area (Å²) >= 11 is 5.63. The maximum atomic E-state index is 13.0. The molecule has 0 saturated carbocycles. The zero-order valence-electron chi connectivity index (χ0n) is 12.5. The number of aromatic nitrogens is 1. The molecule has 2 aromatic rings. The van der Waals surface area contributed by atoms with E-state index < -0.39 is 35.2 Å². The minimum atomic E-state index is -4.73. The summed E-state index contributed by atoms with van der Waals surface area (Å²) in [6.07, 6.45) is -3.56. The van der Waals surface area contributed by atoms with E-state index in [2.05, 4.69) is 10.3 Å². The Morgan fingerprint density at radius 1 is 1.20 bits per heavy atom. The quantitative estimate of drug-likeness (QED) is 0.790. The summed E-state index contributed by atoms with van der Waals surface area (Å²) in [4.78, 5) is 27.3. The third kappa shape index (κ3) is 4.93. The Morgan fingerprint density at radius 3 is 2.44 bits per heavy atom. The van der Waals surface area contributed by atoms with Crippen molar-refractivity contribution in [2.24, 2.45) is 0 Å². The van der Waals surface area contributed by atoms with E-state index in [1.165, 1.54) is 24.4 Å². The van der Waals surface area contributed by atoms with Gasteiger partial charge in [-0.2, -0.15) is 13.2 Å². The second-order valence-electron chi connectivity index (χ2n) is 5.10. The van der Waals surface area contributed by atoms with Gasteiger partial charge in [0.05, 0.1) is 11.1 Å². The number of pyridine rings is 1. The first-order valence-electron chi connectivity index (χ1n) is 6.99. The molecule has 25 heavy (non-hydrogen) atoms. The van der Waals surface area contributed by atoms with Crippen LogP contribution in [0.25, 0.3) is 0 Å². The van der Waals surface area contributed by atoms with Crippen LogP contribution in [0.5, 0.6) is 0 Å². The van der Waals surface area contributed by atoms with Crippen LogP contribution in [0.3, 0.4) is 0 Å². The third-order valence-corrected chi connectivity index (χ3v) is 3.53. The number of benzene rings is 1. The van der Waals surface area contributed by atoms with Gasteiger partial charge in [-0.15, -0.1) is 0 Å². The number of aliphatic carboxylic acids is 1. The van der Waals surface area contributed by atoms with Gasteiger partial charge >= 0.3 is 12.1 Å². The lowest BCUT2D eigenvalue weighted by Gasteiger charge is -2.17. The average molecular weight is 373 g/mol. The number of rotatable bonds is 5. The summed E-state index contributed by atoms with van der Waals surface area (Å²) in [5, 5.41) is 11.5. The van der Waals surface area contributed by atoms with E-state index in [1.807, 2.05) is 0 Å². The van der Waals surface area contributed by atoms with E-state index in [-0.39, 0.29) is 11.6 Å². The van der Waals surface area contributed by atoms with Gasteiger partial charge in [0.2, 0.25) is 0 Å². The summed E-state index contributed by atoms with van der Waals surface area (Å²) in [6, 6.07) is 5.69. The van der Waals surface area contributed by atoms with E-state index >= 15 is 0 Å². The lowest BCUT2D eigenvalue weighted by Crippen LogP contribution is -2.42. The highest BCUT2D eigenvalue weighted by Gasteiger charge is 2.35. The van der Waals surface area contributed by atoms with Crippen LogP contribution in [0.15, 0.2) is 42.6 Å². The Morgan fingerprint density at radius 2 is 1.88 bits per heavy atom. The van der Waals surface area contributed by atoms with Crippen molar-refractivity contribution in [2.45, 2.75) is 18.6 Å². The molecule has 132 valence electrons. The smallest absolute Gasteiger partial charge is 0.417 e. The van der Waals surface area contributed by atoms with E-state index in [9.17, 15) is 27.9 Å². The molecule has 0 saturated heterocycles. The molecule has 0 bridgehead atoms. The maximum Gasteiger partial charge on any atom is 0.417 e. The summed E-state index contributed by atoms with van der Waals surface area (Å²) in [7, 11) is 0. The number of carboxylic acids is 1. The SMILES string of the molecule is O=C(N[C@H](Cc1ccc(Cl)nc1)C(=O)O)c1ccccc1C(F)(F)F. The first kappa shape index (κ1) is 18.7. The van der Waals surface area contributed by atoms with Crippen LogP contribution in [-0.4, -0.2) is 28.0 Å². The molecule has 0 unspecified atom stereocenters. The highest BCUT2D eigenvalue weighted by molar-refractivity contribution is 6.29. The number of nitrogens with zero attached hydrogens (tertiary/aromatic N) is 1. The molecule has 0 fully saturated rings. The van der Waals surface area contributed by atoms with Gasteiger partial charge in [0.15, 0.2) is 0 Å². The summed E-state index contributed by atoms with van der Waals surface area (Å²) in [5.74, 6) is -2.50. The van der Waals surface area contributed by atoms with Gasteiger partial charge in [-0.25, -0.2) is 9.78 Å². The first-order valence-corrected chi connectivity index (χ1v) is 7.36. The predicted molar refractivity (Wildman–Crippen MR) is 83.3 cm³/mol. The number of carbonyl (C=O) groups excluding carboxylic acids is 1. The van der Waals surface area contributed by atoms with Gasteiger partial charge < -0.3 is 10.4 Å². The number of nitrogens with one attached hydrogen (secondary N) is 1. The zero-order valence-corrected chi connectivity index (χ0v) is 13.3. The molecule has 1 atom stereocenters. The topological polar surface area (TPSA) is 79.3 Å². The van der Waals surface area contributed by atoms with Crippen LogP contribution in [0, 0.1) is 0 Å². The Bertz CT molecular complexity index is 779. The maximum absolute atomic E-state index is 13.0. The van der Waals surface area contributed by atoms with Crippen molar-refractivity contribution in [3.63, 3.8) is 0 Å². The number of halogens is 4. The molecule has 1 aromatic carbocycles. The standard InChI is InChI=1S/C16H12ClF3N2O3/c17-13-6-5-9(8-21-13)7-12(15(24)25)22-14(23)10-3-1-2-4-11(10)16(18,19)20/h1-6,8,12H,7H2,(H,22,23)(H,24,25)/t12-/m1/s1. The van der Waals surface area contributed by atoms with Crippen molar-refractivity contribution in [3.05, 3.63) is 64.4 Å². The number of amides is 1. The summed E-state index contributed by atoms with van der Waals surface area (Å²) in [6.45, 7) is 0. The van der Waals surface area contributed by atoms with Gasteiger partial charge in [-0.05, 0) is 23.8 Å². The Hall–Kier alpha value is -2.61. The average Bonchev–Trinajstić information content (AvgIpc) is 2.55. The lowest BCUT2D eigenvalue weighted by molar-refractivity contribution is -0.139. The van der Waals surface area contributed by atoms with Crippen molar-refractivity contribution in [3.8, 4) is 0 Å². The fourth-order valence-corrected chi connectivity index (χ4v) is 2.24. The molecule has 1 heterocycles. The Labute approximate surface area is 145 Å². The van der Waals surface area contributed by atoms with E-state index in [1.54, 1.807) is 0 Å². The Kier molecular flexibility index (Phi) is 5.63. The molecular formula is C16H12ClF3N2O3. The predicted octanol–water partition coefficient (Wildman–Crippen LogP) is 3.18. The lowest BCUT2D eigenvalue weighted by atomic mass is 10.0. The van der Waals surface area contributed by atoms with Gasteiger partial charge in [0.1, 0.15) is 11.2 Å². The fourth-order valence-electron chi connectivity index (χ4n) is 2.13. The number of alkyl halides is 3. The van der Waals surface area contributed by atoms with Crippen molar-refractivity contribution in [1.29, 1.82) is 0 Å². The number of hydrogen-bond acceptors (Lipinski definition) is 3. The molecular weight excluding hydrogens is 361 g/mol. The second-order valence-corrected chi connectivity index (χ2v) is 5.49.